The average molecular weight is 276 g/mol. The summed E-state index contributed by atoms with van der Waals surface area (Å²) in [5, 5.41) is 0. The van der Waals surface area contributed by atoms with Crippen molar-refractivity contribution in [2.24, 2.45) is 4.99 Å². The van der Waals surface area contributed by atoms with Gasteiger partial charge in [0, 0.05) is 31.2 Å². The molecule has 2 aliphatic heterocycles. The van der Waals surface area contributed by atoms with Crippen LogP contribution in [-0.2, 0) is 17.6 Å². The van der Waals surface area contributed by atoms with Gasteiger partial charge in [-0.25, -0.2) is 0 Å². The molecule has 1 amide bonds. The van der Waals surface area contributed by atoms with Crippen molar-refractivity contribution < 1.29 is 4.79 Å². The third kappa shape index (κ3) is 1.88. The van der Waals surface area contributed by atoms with Crippen molar-refractivity contribution in [1.82, 2.24) is 0 Å². The first-order valence-corrected chi connectivity index (χ1v) is 7.27. The van der Waals surface area contributed by atoms with Gasteiger partial charge in [0.2, 0.25) is 5.91 Å². The van der Waals surface area contributed by atoms with Gasteiger partial charge in [0.1, 0.15) is 0 Å². The van der Waals surface area contributed by atoms with Crippen LogP contribution in [0.15, 0.2) is 53.5 Å². The number of rotatable bonds is 1. The maximum atomic E-state index is 12.1. The van der Waals surface area contributed by atoms with Crippen molar-refractivity contribution in [3.05, 3.63) is 59.7 Å². The lowest BCUT2D eigenvalue weighted by Gasteiger charge is -2.24. The van der Waals surface area contributed by atoms with Gasteiger partial charge in [0.15, 0.2) is 0 Å². The Morgan fingerprint density at radius 1 is 1.10 bits per heavy atom. The van der Waals surface area contributed by atoms with E-state index < -0.39 is 0 Å². The summed E-state index contributed by atoms with van der Waals surface area (Å²) in [4.78, 5) is 18.8. The Balaban J connectivity index is 1.73. The van der Waals surface area contributed by atoms with Crippen LogP contribution < -0.4 is 4.90 Å². The Hall–Kier alpha value is -2.42. The van der Waals surface area contributed by atoms with E-state index in [1.54, 1.807) is 6.92 Å². The number of carbonyl (C=O) groups is 1. The van der Waals surface area contributed by atoms with Crippen molar-refractivity contribution in [3.63, 3.8) is 0 Å². The Bertz CT molecular complexity index is 763. The van der Waals surface area contributed by atoms with E-state index in [1.165, 1.54) is 11.1 Å². The van der Waals surface area contributed by atoms with Crippen molar-refractivity contribution in [1.29, 1.82) is 0 Å². The summed E-state index contributed by atoms with van der Waals surface area (Å²) in [6, 6.07) is 16.4. The first kappa shape index (κ1) is 12.3. The zero-order valence-electron chi connectivity index (χ0n) is 11.9. The molecule has 104 valence electrons. The van der Waals surface area contributed by atoms with E-state index in [2.05, 4.69) is 12.1 Å². The molecule has 0 bridgehead atoms. The predicted molar refractivity (Wildman–Crippen MR) is 84.3 cm³/mol. The summed E-state index contributed by atoms with van der Waals surface area (Å²) in [6.45, 7) is 1.64. The first-order valence-electron chi connectivity index (χ1n) is 7.27. The molecule has 21 heavy (non-hydrogen) atoms. The number of hydrogen-bond donors (Lipinski definition) is 0. The van der Waals surface area contributed by atoms with Gasteiger partial charge in [0.25, 0.3) is 0 Å². The Kier molecular flexibility index (Phi) is 2.67. The first-order chi connectivity index (χ1) is 10.2. The van der Waals surface area contributed by atoms with Crippen LogP contribution in [0, 0.1) is 0 Å². The van der Waals surface area contributed by atoms with Crippen molar-refractivity contribution >= 4 is 23.0 Å². The van der Waals surface area contributed by atoms with Gasteiger partial charge in [-0.1, -0.05) is 36.4 Å². The Morgan fingerprint density at radius 2 is 1.81 bits per heavy atom. The molecule has 0 saturated carbocycles. The van der Waals surface area contributed by atoms with E-state index in [1.807, 2.05) is 41.3 Å². The molecule has 0 saturated heterocycles. The number of aliphatic imine (C=N–C) groups is 1. The van der Waals surface area contributed by atoms with Crippen LogP contribution in [0.5, 0.6) is 0 Å². The van der Waals surface area contributed by atoms with Crippen LogP contribution in [0.25, 0.3) is 0 Å². The summed E-state index contributed by atoms with van der Waals surface area (Å²) in [5.74, 6) is 0.0867. The van der Waals surface area contributed by atoms with Crippen molar-refractivity contribution in [2.75, 3.05) is 4.90 Å². The van der Waals surface area contributed by atoms with Gasteiger partial charge in [0.05, 0.1) is 11.7 Å². The maximum Gasteiger partial charge on any atom is 0.224 e. The quantitative estimate of drug-likeness (QED) is 0.786. The average Bonchev–Trinajstić information content (AvgIpc) is 3.08. The zero-order chi connectivity index (χ0) is 14.4. The highest BCUT2D eigenvalue weighted by atomic mass is 16.2. The normalized spacial score (nSPS) is 19.2. The van der Waals surface area contributed by atoms with E-state index in [-0.39, 0.29) is 11.9 Å². The molecule has 0 fully saturated rings. The number of anilines is 1. The number of para-hydroxylation sites is 2. The minimum absolute atomic E-state index is 0.0623. The van der Waals surface area contributed by atoms with Gasteiger partial charge in [-0.2, -0.15) is 0 Å². The molecule has 2 aromatic rings. The van der Waals surface area contributed by atoms with E-state index >= 15 is 0 Å². The largest absolute Gasteiger partial charge is 0.303 e. The molecule has 2 aromatic carbocycles. The monoisotopic (exact) mass is 276 g/mol. The van der Waals surface area contributed by atoms with Crippen LogP contribution in [0.3, 0.4) is 0 Å². The van der Waals surface area contributed by atoms with E-state index in [0.717, 1.165) is 29.9 Å². The minimum Gasteiger partial charge on any atom is -0.303 e. The second-order valence-electron chi connectivity index (χ2n) is 5.65. The highest BCUT2D eigenvalue weighted by Gasteiger charge is 2.36. The van der Waals surface area contributed by atoms with Crippen molar-refractivity contribution in [3.8, 4) is 0 Å². The lowest BCUT2D eigenvalue weighted by atomic mass is 10.0. The number of benzene rings is 2. The summed E-state index contributed by atoms with van der Waals surface area (Å²) in [7, 11) is 0. The van der Waals surface area contributed by atoms with Gasteiger partial charge in [-0.05, 0) is 23.3 Å². The molecule has 0 aliphatic carbocycles. The van der Waals surface area contributed by atoms with Crippen LogP contribution in [0.4, 0.5) is 11.4 Å². The van der Waals surface area contributed by atoms with Gasteiger partial charge < -0.3 is 4.90 Å². The van der Waals surface area contributed by atoms with Gasteiger partial charge in [-0.3, -0.25) is 9.79 Å². The standard InChI is InChI=1S/C18H16N2O/c1-12(21)20-17-9-5-3-7-14(17)11-18(20)16-10-13-6-2-4-8-15(13)19-16/h2-9,18H,10-11H2,1H3. The molecular formula is C18H16N2O. The predicted octanol–water partition coefficient (Wildman–Crippen LogP) is 3.29. The van der Waals surface area contributed by atoms with Crippen LogP contribution in [0.1, 0.15) is 18.1 Å². The van der Waals surface area contributed by atoms with Crippen LogP contribution >= 0.6 is 0 Å². The Morgan fingerprint density at radius 3 is 2.57 bits per heavy atom. The number of hydrogen-bond acceptors (Lipinski definition) is 2. The molecule has 2 aliphatic rings. The van der Waals surface area contributed by atoms with Crippen LogP contribution in [0.2, 0.25) is 0 Å². The lowest BCUT2D eigenvalue weighted by Crippen LogP contribution is -2.41. The molecule has 0 spiro atoms. The summed E-state index contributed by atoms with van der Waals surface area (Å²) in [6.07, 6.45) is 1.71. The topological polar surface area (TPSA) is 32.7 Å². The number of carbonyl (C=O) groups excluding carboxylic acids is 1. The van der Waals surface area contributed by atoms with Crippen LogP contribution in [-0.4, -0.2) is 17.7 Å². The van der Waals surface area contributed by atoms with E-state index in [9.17, 15) is 4.79 Å². The molecule has 0 aromatic heterocycles. The number of fused-ring (bicyclic) bond motifs is 2. The van der Waals surface area contributed by atoms with Gasteiger partial charge >= 0.3 is 0 Å². The second-order valence-corrected chi connectivity index (χ2v) is 5.65. The maximum absolute atomic E-state index is 12.1. The minimum atomic E-state index is 0.0623. The molecule has 1 unspecified atom stereocenters. The SMILES string of the molecule is CC(=O)N1c2ccccc2CC1C1=Nc2ccccc2C1. The molecule has 3 heteroatoms. The molecule has 0 radical (unpaired) electrons. The number of amides is 1. The Labute approximate surface area is 123 Å². The van der Waals surface area contributed by atoms with Gasteiger partial charge in [-0.15, -0.1) is 0 Å². The molecule has 0 N–H and O–H groups in total. The summed E-state index contributed by atoms with van der Waals surface area (Å²) in [5.41, 5.74) is 5.67. The third-order valence-corrected chi connectivity index (χ3v) is 4.33. The summed E-state index contributed by atoms with van der Waals surface area (Å²) >= 11 is 0. The fourth-order valence-corrected chi connectivity index (χ4v) is 3.39. The molecular weight excluding hydrogens is 260 g/mol. The fourth-order valence-electron chi connectivity index (χ4n) is 3.39. The fraction of sp³-hybridized carbons (Fsp3) is 0.222. The third-order valence-electron chi connectivity index (χ3n) is 4.33. The number of nitrogens with zero attached hydrogens (tertiary/aromatic N) is 2. The van der Waals surface area contributed by atoms with E-state index in [0.29, 0.717) is 0 Å². The highest BCUT2D eigenvalue weighted by Crippen LogP contribution is 2.36. The summed E-state index contributed by atoms with van der Waals surface area (Å²) < 4.78 is 0. The smallest absolute Gasteiger partial charge is 0.224 e. The van der Waals surface area contributed by atoms with E-state index in [4.69, 9.17) is 4.99 Å². The zero-order valence-corrected chi connectivity index (χ0v) is 11.9. The lowest BCUT2D eigenvalue weighted by molar-refractivity contribution is -0.116. The highest BCUT2D eigenvalue weighted by molar-refractivity contribution is 6.08. The molecule has 3 nitrogen and oxygen atoms in total. The van der Waals surface area contributed by atoms with Crippen molar-refractivity contribution in [2.45, 2.75) is 25.8 Å². The molecule has 4 rings (SSSR count). The molecule has 1 atom stereocenters. The second kappa shape index (κ2) is 4.55. The molecule has 2 heterocycles.